The van der Waals surface area contributed by atoms with Gasteiger partial charge in [-0.1, -0.05) is 17.7 Å². The molecule has 8 rings (SSSR count). The molecule has 15 heteroatoms. The molecular weight excluding hydrogens is 651 g/mol. The summed E-state index contributed by atoms with van der Waals surface area (Å²) >= 11 is 7.75. The maximum absolute atomic E-state index is 17.0. The number of hydrogen-bond acceptors (Lipinski definition) is 9. The fraction of sp³-hybridized carbons (Fsp3) is 0.452. The van der Waals surface area contributed by atoms with Crippen LogP contribution in [-0.2, 0) is 0 Å². The van der Waals surface area contributed by atoms with Gasteiger partial charge in [0, 0.05) is 42.8 Å². The van der Waals surface area contributed by atoms with E-state index in [1.54, 1.807) is 0 Å². The van der Waals surface area contributed by atoms with E-state index in [-0.39, 0.29) is 91.3 Å². The highest BCUT2D eigenvalue weighted by Crippen LogP contribution is 2.52. The third-order valence-corrected chi connectivity index (χ3v) is 11.1. The average molecular weight is 677 g/mol. The Kier molecular flexibility index (Phi) is 6.73. The van der Waals surface area contributed by atoms with Gasteiger partial charge in [-0.15, -0.1) is 11.3 Å². The summed E-state index contributed by atoms with van der Waals surface area (Å²) in [5.74, 6) is -4.69. The quantitative estimate of drug-likeness (QED) is 0.235. The molecule has 4 aliphatic rings. The van der Waals surface area contributed by atoms with Crippen LogP contribution in [0.25, 0.3) is 32.1 Å². The topological polar surface area (TPSA) is 101 Å². The molecule has 0 amide bonds. The van der Waals surface area contributed by atoms with Gasteiger partial charge in [0.1, 0.15) is 41.0 Å². The van der Waals surface area contributed by atoms with Crippen LogP contribution in [0.15, 0.2) is 12.1 Å². The molecule has 0 bridgehead atoms. The maximum atomic E-state index is 17.0. The third kappa shape index (κ3) is 4.38. The Labute approximate surface area is 268 Å². The molecule has 0 spiro atoms. The van der Waals surface area contributed by atoms with Crippen LogP contribution in [0.1, 0.15) is 37.7 Å². The molecule has 8 nitrogen and oxygen atoms in total. The van der Waals surface area contributed by atoms with Crippen LogP contribution in [-0.4, -0.2) is 71.4 Å². The summed E-state index contributed by atoms with van der Waals surface area (Å²) < 4.78 is 88.3. The molecule has 3 saturated heterocycles. The summed E-state index contributed by atoms with van der Waals surface area (Å²) in [7, 11) is 0. The van der Waals surface area contributed by atoms with Crippen molar-refractivity contribution in [3.8, 4) is 29.0 Å². The number of benzene rings is 2. The smallest absolute Gasteiger partial charge is 0.319 e. The number of anilines is 2. The Balaban J connectivity index is 1.36. The van der Waals surface area contributed by atoms with Gasteiger partial charge >= 0.3 is 6.01 Å². The van der Waals surface area contributed by atoms with E-state index in [4.69, 9.17) is 26.8 Å². The standard InChI is InChI=1S/C31H26ClF5N6O2S/c32-22-20(16-2-3-18(34)26-19(16)17(10-38)27(39)46-26)23(35)24-21-25(22)44-7-4-15-9-31(36,37)12-43(15)28(21)41-29(40-24)45-13-30-5-1-6-42(30)11-14(33)8-30/h2-3,14-15H,1,4-9,11-13,39H2/t14-,15?,30?/m1/s1. The first-order valence-electron chi connectivity index (χ1n) is 14.9. The van der Waals surface area contributed by atoms with E-state index < -0.39 is 48.3 Å². The number of hydrogen-bond donors (Lipinski definition) is 1. The van der Waals surface area contributed by atoms with Crippen LogP contribution in [0, 0.1) is 23.0 Å². The van der Waals surface area contributed by atoms with E-state index in [0.29, 0.717) is 13.0 Å². The lowest BCUT2D eigenvalue weighted by atomic mass is 9.95. The van der Waals surface area contributed by atoms with Crippen LogP contribution in [0.3, 0.4) is 0 Å². The van der Waals surface area contributed by atoms with Crippen molar-refractivity contribution in [1.29, 1.82) is 5.26 Å². The van der Waals surface area contributed by atoms with E-state index in [1.165, 1.54) is 11.0 Å². The minimum absolute atomic E-state index is 0.00459. The molecule has 2 N–H and O–H groups in total. The van der Waals surface area contributed by atoms with Gasteiger partial charge in [-0.2, -0.15) is 15.2 Å². The van der Waals surface area contributed by atoms with Gasteiger partial charge in [0.25, 0.3) is 5.92 Å². The second-order valence-corrected chi connectivity index (χ2v) is 13.9. The average Bonchev–Trinajstić information content (AvgIpc) is 3.72. The summed E-state index contributed by atoms with van der Waals surface area (Å²) in [6.07, 6.45) is 0.585. The lowest BCUT2D eigenvalue weighted by molar-refractivity contribution is 0.0217. The van der Waals surface area contributed by atoms with Gasteiger partial charge in [-0.25, -0.2) is 22.0 Å². The van der Waals surface area contributed by atoms with E-state index in [9.17, 15) is 22.8 Å². The fourth-order valence-electron chi connectivity index (χ4n) is 7.74. The molecule has 2 aromatic heterocycles. The number of ether oxygens (including phenoxy) is 2. The van der Waals surface area contributed by atoms with E-state index in [2.05, 4.69) is 9.97 Å². The SMILES string of the molecule is N#Cc1c(N)sc2c(F)ccc(-c3c(Cl)c4c5c(nc(OCC67CCCN6C[C@H](F)C7)nc5c3F)N3CC(F)(F)CC3CCO4)c12. The van der Waals surface area contributed by atoms with Gasteiger partial charge in [0.2, 0.25) is 0 Å². The van der Waals surface area contributed by atoms with Crippen LogP contribution in [0.5, 0.6) is 11.8 Å². The van der Waals surface area contributed by atoms with Crippen molar-refractivity contribution >= 4 is 54.7 Å². The monoisotopic (exact) mass is 676 g/mol. The fourth-order valence-corrected chi connectivity index (χ4v) is 9.02. The number of halogens is 6. The molecule has 4 aliphatic heterocycles. The van der Waals surface area contributed by atoms with Crippen molar-refractivity contribution in [2.45, 2.75) is 55.8 Å². The molecule has 2 unspecified atom stereocenters. The Morgan fingerprint density at radius 1 is 1.22 bits per heavy atom. The molecule has 4 aromatic rings. The number of rotatable bonds is 4. The van der Waals surface area contributed by atoms with E-state index in [0.717, 1.165) is 30.4 Å². The number of nitrogen functional groups attached to an aromatic ring is 1. The Hall–Kier alpha value is -3.67. The predicted molar refractivity (Wildman–Crippen MR) is 164 cm³/mol. The van der Waals surface area contributed by atoms with Gasteiger partial charge in [0.15, 0.2) is 11.6 Å². The summed E-state index contributed by atoms with van der Waals surface area (Å²) in [5, 5.41) is 9.77. The highest BCUT2D eigenvalue weighted by Gasteiger charge is 2.50. The minimum atomic E-state index is -3.04. The first kappa shape index (κ1) is 29.7. The van der Waals surface area contributed by atoms with Gasteiger partial charge in [-0.05, 0) is 31.0 Å². The molecule has 0 radical (unpaired) electrons. The van der Waals surface area contributed by atoms with Crippen molar-refractivity contribution in [3.05, 3.63) is 34.4 Å². The lowest BCUT2D eigenvalue weighted by Crippen LogP contribution is -2.43. The number of thiophene rings is 1. The molecule has 240 valence electrons. The largest absolute Gasteiger partial charge is 0.491 e. The van der Waals surface area contributed by atoms with Crippen molar-refractivity contribution < 1.29 is 31.4 Å². The summed E-state index contributed by atoms with van der Waals surface area (Å²) in [5.41, 5.74) is 4.99. The van der Waals surface area contributed by atoms with E-state index >= 15 is 4.39 Å². The maximum Gasteiger partial charge on any atom is 0.319 e. The number of nitrogens with two attached hydrogens (primary N) is 1. The summed E-state index contributed by atoms with van der Waals surface area (Å²) in [6, 6.07) is 3.47. The van der Waals surface area contributed by atoms with Crippen LogP contribution < -0.4 is 20.1 Å². The van der Waals surface area contributed by atoms with Gasteiger partial charge in [-0.3, -0.25) is 4.90 Å². The highest BCUT2D eigenvalue weighted by molar-refractivity contribution is 7.23. The Morgan fingerprint density at radius 3 is 2.85 bits per heavy atom. The van der Waals surface area contributed by atoms with Crippen molar-refractivity contribution in [2.24, 2.45) is 0 Å². The number of nitriles is 1. The van der Waals surface area contributed by atoms with Crippen molar-refractivity contribution in [2.75, 3.05) is 43.5 Å². The summed E-state index contributed by atoms with van der Waals surface area (Å²) in [4.78, 5) is 12.4. The minimum Gasteiger partial charge on any atom is -0.491 e. The molecule has 0 aliphatic carbocycles. The predicted octanol–water partition coefficient (Wildman–Crippen LogP) is 6.85. The van der Waals surface area contributed by atoms with Gasteiger partial charge < -0.3 is 20.1 Å². The number of aromatic nitrogens is 2. The normalized spacial score (nSPS) is 25.3. The number of nitrogens with zero attached hydrogens (tertiary/aromatic N) is 5. The molecule has 0 saturated carbocycles. The first-order chi connectivity index (χ1) is 22.0. The van der Waals surface area contributed by atoms with Crippen LogP contribution in [0.2, 0.25) is 5.02 Å². The molecule has 46 heavy (non-hydrogen) atoms. The highest BCUT2D eigenvalue weighted by atomic mass is 35.5. The molecule has 3 fully saturated rings. The second-order valence-electron chi connectivity index (χ2n) is 12.5. The lowest BCUT2D eigenvalue weighted by Gasteiger charge is -2.32. The molecule has 3 atom stereocenters. The second kappa shape index (κ2) is 10.4. The van der Waals surface area contributed by atoms with Crippen LogP contribution >= 0.6 is 22.9 Å². The molecule has 6 heterocycles. The zero-order valence-electron chi connectivity index (χ0n) is 24.2. The van der Waals surface area contributed by atoms with Gasteiger partial charge in [0.05, 0.1) is 39.4 Å². The molecule has 2 aromatic carbocycles. The van der Waals surface area contributed by atoms with Crippen molar-refractivity contribution in [1.82, 2.24) is 14.9 Å². The number of alkyl halides is 3. The zero-order valence-corrected chi connectivity index (χ0v) is 25.8. The summed E-state index contributed by atoms with van der Waals surface area (Å²) in [6.45, 7) is 0.369. The first-order valence-corrected chi connectivity index (χ1v) is 16.1. The Bertz CT molecular complexity index is 1990. The third-order valence-electron chi connectivity index (χ3n) is 9.72. The van der Waals surface area contributed by atoms with E-state index in [1.807, 2.05) is 11.0 Å². The van der Waals surface area contributed by atoms with Crippen molar-refractivity contribution in [3.63, 3.8) is 0 Å². The zero-order chi connectivity index (χ0) is 32.1. The molecular formula is C31H26ClF5N6O2S. The Morgan fingerprint density at radius 2 is 2.04 bits per heavy atom. The van der Waals surface area contributed by atoms with Crippen LogP contribution in [0.4, 0.5) is 32.8 Å². The number of fused-ring (bicyclic) bond motifs is 4.